The zero-order chi connectivity index (χ0) is 22.3. The molecule has 3 aromatic rings. The van der Waals surface area contributed by atoms with Crippen molar-refractivity contribution in [3.05, 3.63) is 47.4 Å². The van der Waals surface area contributed by atoms with E-state index in [0.29, 0.717) is 30.0 Å². The Hall–Kier alpha value is -3.66. The van der Waals surface area contributed by atoms with Crippen LogP contribution in [-0.2, 0) is 11.2 Å². The number of hydrogen-bond donors (Lipinski definition) is 2. The lowest BCUT2D eigenvalue weighted by molar-refractivity contribution is 0.102. The Kier molecular flexibility index (Phi) is 5.94. The van der Waals surface area contributed by atoms with E-state index in [-0.39, 0.29) is 18.9 Å². The summed E-state index contributed by atoms with van der Waals surface area (Å²) < 4.78 is 13.1. The molecule has 1 amide bonds. The fourth-order valence-electron chi connectivity index (χ4n) is 4.18. The molecule has 0 bridgehead atoms. The number of oxime groups is 1. The number of nitrogens with one attached hydrogen (secondary N) is 1. The van der Waals surface area contributed by atoms with Crippen LogP contribution in [-0.4, -0.2) is 63.8 Å². The summed E-state index contributed by atoms with van der Waals surface area (Å²) in [7, 11) is 0. The molecule has 0 aliphatic carbocycles. The summed E-state index contributed by atoms with van der Waals surface area (Å²) in [6.45, 7) is 6.85. The molecule has 2 aliphatic heterocycles. The maximum absolute atomic E-state index is 13.2. The van der Waals surface area contributed by atoms with E-state index in [1.165, 1.54) is 23.1 Å². The van der Waals surface area contributed by atoms with Crippen molar-refractivity contribution >= 4 is 29.1 Å². The van der Waals surface area contributed by atoms with Crippen LogP contribution in [0.5, 0.6) is 5.75 Å². The zero-order valence-corrected chi connectivity index (χ0v) is 17.9. The van der Waals surface area contributed by atoms with Crippen LogP contribution >= 0.6 is 0 Å². The normalized spacial score (nSPS) is 17.0. The minimum atomic E-state index is -0.302. The smallest absolute Gasteiger partial charge is 0.261 e. The number of anilines is 2. The van der Waals surface area contributed by atoms with E-state index in [9.17, 15) is 4.79 Å². The van der Waals surface area contributed by atoms with Crippen LogP contribution in [0.2, 0.25) is 0 Å². The average Bonchev–Trinajstić information content (AvgIpc) is 3.32. The van der Waals surface area contributed by atoms with Crippen LogP contribution in [0.25, 0.3) is 5.65 Å². The van der Waals surface area contributed by atoms with E-state index in [0.717, 1.165) is 42.2 Å². The molecule has 4 heterocycles. The van der Waals surface area contributed by atoms with Crippen molar-refractivity contribution in [3.63, 3.8) is 0 Å². The second-order valence-electron chi connectivity index (χ2n) is 8.53. The van der Waals surface area contributed by atoms with Gasteiger partial charge < -0.3 is 24.9 Å². The van der Waals surface area contributed by atoms with Gasteiger partial charge in [0.25, 0.3) is 5.91 Å². The van der Waals surface area contributed by atoms with Crippen LogP contribution in [0.1, 0.15) is 42.8 Å². The second-order valence-corrected chi connectivity index (χ2v) is 8.53. The monoisotopic (exact) mass is 452 g/mol. The van der Waals surface area contributed by atoms with Gasteiger partial charge in [-0.25, -0.2) is 9.50 Å². The largest absolute Gasteiger partial charge is 0.487 e. The highest BCUT2D eigenvalue weighted by atomic mass is 16.5. The van der Waals surface area contributed by atoms with Gasteiger partial charge in [0.1, 0.15) is 16.9 Å². The first-order chi connectivity index (χ1) is 15.4. The number of hydrogen-bond acceptors (Lipinski definition) is 8. The van der Waals surface area contributed by atoms with E-state index >= 15 is 0 Å². The summed E-state index contributed by atoms with van der Waals surface area (Å²) in [5.74, 6) is 0.550. The van der Waals surface area contributed by atoms with Crippen molar-refractivity contribution in [1.82, 2.24) is 14.6 Å². The quantitative estimate of drug-likeness (QED) is 0.355. The van der Waals surface area contributed by atoms with E-state index in [1.807, 2.05) is 12.1 Å². The maximum Gasteiger partial charge on any atom is 0.261 e. The molecule has 1 aromatic carbocycles. The molecular weight excluding hydrogens is 424 g/mol. The molecule has 1 fully saturated rings. The number of fused-ring (bicyclic) bond motifs is 2. The Balaban J connectivity index is 0.00000259. The highest BCUT2D eigenvalue weighted by Crippen LogP contribution is 2.42. The fraction of sp³-hybridized carbons (Fsp3) is 0.391. The van der Waals surface area contributed by atoms with Crippen molar-refractivity contribution in [1.29, 1.82) is 0 Å². The Bertz CT molecular complexity index is 1210. The van der Waals surface area contributed by atoms with Gasteiger partial charge >= 0.3 is 0 Å². The lowest BCUT2D eigenvalue weighted by Crippen LogP contribution is -2.36. The van der Waals surface area contributed by atoms with Gasteiger partial charge in [-0.3, -0.25) is 4.79 Å². The number of carbonyl (C=O) groups is 1. The van der Waals surface area contributed by atoms with Crippen LogP contribution in [0.3, 0.4) is 0 Å². The Labute approximate surface area is 191 Å². The number of morpholine rings is 1. The topological polar surface area (TPSA) is 114 Å². The molecular formula is C23H28N6O4. The van der Waals surface area contributed by atoms with Crippen molar-refractivity contribution in [2.45, 2.75) is 33.3 Å². The van der Waals surface area contributed by atoms with Crippen molar-refractivity contribution in [3.8, 4) is 5.75 Å². The summed E-state index contributed by atoms with van der Waals surface area (Å²) in [5.41, 5.74) is 3.73. The molecule has 10 nitrogen and oxygen atoms in total. The Morgan fingerprint density at radius 1 is 1.27 bits per heavy atom. The first kappa shape index (κ1) is 22.5. The van der Waals surface area contributed by atoms with Crippen molar-refractivity contribution in [2.24, 2.45) is 5.16 Å². The van der Waals surface area contributed by atoms with Gasteiger partial charge in [-0.15, -0.1) is 0 Å². The summed E-state index contributed by atoms with van der Waals surface area (Å²) in [6, 6.07) is 4.02. The minimum absolute atomic E-state index is 0. The summed E-state index contributed by atoms with van der Waals surface area (Å²) in [6.07, 6.45) is 6.64. The number of aromatic nitrogens is 3. The number of carbonyl (C=O) groups excluding carboxylic acids is 1. The molecule has 174 valence electrons. The maximum atomic E-state index is 13.2. The molecule has 0 atom stereocenters. The van der Waals surface area contributed by atoms with Gasteiger partial charge in [0.15, 0.2) is 5.65 Å². The van der Waals surface area contributed by atoms with Crippen LogP contribution in [0.15, 0.2) is 35.9 Å². The van der Waals surface area contributed by atoms with Crippen molar-refractivity contribution in [2.75, 3.05) is 36.5 Å². The molecule has 1 saturated heterocycles. The molecule has 33 heavy (non-hydrogen) atoms. The Morgan fingerprint density at radius 3 is 2.82 bits per heavy atom. The number of ether oxygens (including phenoxy) is 2. The van der Waals surface area contributed by atoms with Crippen LogP contribution in [0, 0.1) is 0 Å². The first-order valence-corrected chi connectivity index (χ1v) is 10.4. The standard InChI is InChI=1S/C22H24N6O4.CH4/c1-22(2)9-15-7-17(18(8-19(15)32-22)27-3-5-31-6-4-27)26-21(29)16-12-24-28-13-14(11-25-30)10-23-20(16)28;/h7-8,10-13,30H,3-6,9H2,1-2H3,(H,26,29);1H4/b25-11+;. The predicted molar refractivity (Wildman–Crippen MR) is 125 cm³/mol. The SMILES string of the molecule is C.CC1(C)Cc2cc(NC(=O)c3cnn4cc(/C=N/O)cnc34)c(N3CCOCC3)cc2O1. The lowest BCUT2D eigenvalue weighted by atomic mass is 10.0. The van der Waals surface area contributed by atoms with Gasteiger partial charge in [-0.2, -0.15) is 5.10 Å². The van der Waals surface area contributed by atoms with Crippen LogP contribution in [0.4, 0.5) is 11.4 Å². The molecule has 5 rings (SSSR count). The highest BCUT2D eigenvalue weighted by Gasteiger charge is 2.32. The highest BCUT2D eigenvalue weighted by molar-refractivity contribution is 6.09. The van der Waals surface area contributed by atoms with E-state index < -0.39 is 0 Å². The minimum Gasteiger partial charge on any atom is -0.487 e. The second kappa shape index (κ2) is 8.70. The van der Waals surface area contributed by atoms with E-state index in [2.05, 4.69) is 39.3 Å². The molecule has 2 N–H and O–H groups in total. The van der Waals surface area contributed by atoms with E-state index in [1.54, 1.807) is 6.20 Å². The van der Waals surface area contributed by atoms with Gasteiger partial charge in [-0.05, 0) is 19.9 Å². The fourth-order valence-corrected chi connectivity index (χ4v) is 4.18. The lowest BCUT2D eigenvalue weighted by Gasteiger charge is -2.31. The zero-order valence-electron chi connectivity index (χ0n) is 17.9. The molecule has 0 unspecified atom stereocenters. The third kappa shape index (κ3) is 4.34. The molecule has 10 heteroatoms. The average molecular weight is 453 g/mol. The van der Waals surface area contributed by atoms with Crippen LogP contribution < -0.4 is 15.0 Å². The number of benzene rings is 1. The summed E-state index contributed by atoms with van der Waals surface area (Å²) >= 11 is 0. The van der Waals surface area contributed by atoms with E-state index in [4.69, 9.17) is 14.7 Å². The third-order valence-electron chi connectivity index (χ3n) is 5.61. The molecule has 0 spiro atoms. The number of rotatable bonds is 4. The Morgan fingerprint density at radius 2 is 2.06 bits per heavy atom. The third-order valence-corrected chi connectivity index (χ3v) is 5.61. The summed E-state index contributed by atoms with van der Waals surface area (Å²) in [4.78, 5) is 19.7. The molecule has 0 radical (unpaired) electrons. The number of amides is 1. The number of nitrogens with zero attached hydrogens (tertiary/aromatic N) is 5. The molecule has 0 saturated carbocycles. The first-order valence-electron chi connectivity index (χ1n) is 10.4. The molecule has 2 aliphatic rings. The van der Waals surface area contributed by atoms with Gasteiger partial charge in [0, 0.05) is 49.1 Å². The van der Waals surface area contributed by atoms with Crippen molar-refractivity contribution < 1.29 is 19.5 Å². The van der Waals surface area contributed by atoms with Gasteiger partial charge in [0.05, 0.1) is 37.0 Å². The van der Waals surface area contributed by atoms with Gasteiger partial charge in [0.2, 0.25) is 0 Å². The summed E-state index contributed by atoms with van der Waals surface area (Å²) in [5, 5.41) is 19.0. The molecule has 2 aromatic heterocycles. The predicted octanol–water partition coefficient (Wildman–Crippen LogP) is 2.98. The van der Waals surface area contributed by atoms with Gasteiger partial charge in [-0.1, -0.05) is 12.6 Å².